The highest BCUT2D eigenvalue weighted by atomic mass is 35.5. The maximum absolute atomic E-state index is 13.6. The fraction of sp³-hybridized carbons (Fsp3) is 0.250. The summed E-state index contributed by atoms with van der Waals surface area (Å²) in [6.45, 7) is 2.64. The van der Waals surface area contributed by atoms with Gasteiger partial charge in [0.05, 0.1) is 11.1 Å². The summed E-state index contributed by atoms with van der Waals surface area (Å²) in [6.07, 6.45) is 0.857. The van der Waals surface area contributed by atoms with Gasteiger partial charge in [-0.25, -0.2) is 13.2 Å². The first-order valence-corrected chi connectivity index (χ1v) is 7.04. The molecule has 0 aliphatic rings. The van der Waals surface area contributed by atoms with E-state index in [1.165, 1.54) is 18.2 Å². The molecule has 0 bridgehead atoms. The molecule has 1 unspecified atom stereocenters. The summed E-state index contributed by atoms with van der Waals surface area (Å²) in [5.74, 6) is -2.37. The highest BCUT2D eigenvalue weighted by Crippen LogP contribution is 2.26. The number of benzene rings is 2. The van der Waals surface area contributed by atoms with Crippen LogP contribution in [0.2, 0.25) is 5.02 Å². The minimum atomic E-state index is -0.926. The van der Waals surface area contributed by atoms with Crippen molar-refractivity contribution in [2.75, 3.05) is 6.54 Å². The summed E-state index contributed by atoms with van der Waals surface area (Å²) >= 11 is 5.68. The van der Waals surface area contributed by atoms with Gasteiger partial charge in [0, 0.05) is 0 Å². The number of rotatable bonds is 5. The van der Waals surface area contributed by atoms with E-state index in [1.807, 2.05) is 6.92 Å². The molecule has 0 aliphatic carbocycles. The van der Waals surface area contributed by atoms with Gasteiger partial charge in [0.2, 0.25) is 0 Å². The van der Waals surface area contributed by atoms with Crippen molar-refractivity contribution in [2.45, 2.75) is 19.4 Å². The van der Waals surface area contributed by atoms with Crippen molar-refractivity contribution in [1.29, 1.82) is 0 Å². The van der Waals surface area contributed by atoms with Crippen LogP contribution in [0.15, 0.2) is 36.4 Å². The monoisotopic (exact) mass is 313 g/mol. The Hall–Kier alpha value is -1.52. The third-order valence-electron chi connectivity index (χ3n) is 3.15. The average molecular weight is 314 g/mol. The van der Waals surface area contributed by atoms with Gasteiger partial charge in [-0.2, -0.15) is 0 Å². The van der Waals surface area contributed by atoms with Crippen molar-refractivity contribution >= 4 is 11.6 Å². The van der Waals surface area contributed by atoms with Crippen LogP contribution in [0.4, 0.5) is 13.2 Å². The Kier molecular flexibility index (Phi) is 5.26. The lowest BCUT2D eigenvalue weighted by atomic mass is 9.98. The molecule has 0 spiro atoms. The van der Waals surface area contributed by atoms with Crippen molar-refractivity contribution in [3.8, 4) is 0 Å². The van der Waals surface area contributed by atoms with Crippen LogP contribution in [0.3, 0.4) is 0 Å². The third kappa shape index (κ3) is 3.77. The average Bonchev–Trinajstić information content (AvgIpc) is 2.46. The van der Waals surface area contributed by atoms with Crippen LogP contribution in [0.25, 0.3) is 0 Å². The van der Waals surface area contributed by atoms with Crippen molar-refractivity contribution < 1.29 is 13.2 Å². The van der Waals surface area contributed by atoms with Gasteiger partial charge in [-0.15, -0.1) is 0 Å². The summed E-state index contributed by atoms with van der Waals surface area (Å²) in [7, 11) is 0. The Morgan fingerprint density at radius 3 is 2.14 bits per heavy atom. The van der Waals surface area contributed by atoms with E-state index in [4.69, 9.17) is 11.6 Å². The van der Waals surface area contributed by atoms with Crippen LogP contribution in [0, 0.1) is 17.5 Å². The Morgan fingerprint density at radius 2 is 1.57 bits per heavy atom. The minimum Gasteiger partial charge on any atom is -0.306 e. The van der Waals surface area contributed by atoms with Gasteiger partial charge in [0.15, 0.2) is 11.6 Å². The molecule has 5 heteroatoms. The van der Waals surface area contributed by atoms with Crippen molar-refractivity contribution in [2.24, 2.45) is 0 Å². The van der Waals surface area contributed by atoms with Gasteiger partial charge in [0.25, 0.3) is 0 Å². The van der Waals surface area contributed by atoms with Crippen LogP contribution >= 0.6 is 11.6 Å². The lowest BCUT2D eigenvalue weighted by Crippen LogP contribution is -2.23. The fourth-order valence-electron chi connectivity index (χ4n) is 2.10. The van der Waals surface area contributed by atoms with Crippen LogP contribution < -0.4 is 5.32 Å². The zero-order chi connectivity index (χ0) is 15.4. The third-order valence-corrected chi connectivity index (χ3v) is 3.46. The van der Waals surface area contributed by atoms with E-state index in [-0.39, 0.29) is 5.02 Å². The summed E-state index contributed by atoms with van der Waals surface area (Å²) in [5.41, 5.74) is 1.14. The van der Waals surface area contributed by atoms with E-state index in [2.05, 4.69) is 5.32 Å². The second kappa shape index (κ2) is 6.96. The molecule has 0 saturated carbocycles. The Labute approximate surface area is 126 Å². The topological polar surface area (TPSA) is 12.0 Å². The number of nitrogens with one attached hydrogen (secondary N) is 1. The molecule has 0 radical (unpaired) electrons. The van der Waals surface area contributed by atoms with Crippen molar-refractivity contribution in [1.82, 2.24) is 5.32 Å². The molecule has 2 rings (SSSR count). The van der Waals surface area contributed by atoms with Crippen LogP contribution in [0.1, 0.15) is 30.5 Å². The van der Waals surface area contributed by atoms with E-state index >= 15 is 0 Å². The molecule has 1 atom stereocenters. The van der Waals surface area contributed by atoms with E-state index in [1.54, 1.807) is 6.07 Å². The lowest BCUT2D eigenvalue weighted by molar-refractivity contribution is 0.503. The van der Waals surface area contributed by atoms with Gasteiger partial charge < -0.3 is 5.32 Å². The SMILES string of the molecule is CCCNC(c1ccc(F)c(F)c1)c1ccc(Cl)c(F)c1. The molecule has 1 N–H and O–H groups in total. The highest BCUT2D eigenvalue weighted by molar-refractivity contribution is 6.30. The molecule has 0 aliphatic heterocycles. The van der Waals surface area contributed by atoms with Gasteiger partial charge in [-0.3, -0.25) is 0 Å². The van der Waals surface area contributed by atoms with E-state index in [9.17, 15) is 13.2 Å². The van der Waals surface area contributed by atoms with Gasteiger partial charge in [-0.05, 0) is 48.4 Å². The first-order valence-electron chi connectivity index (χ1n) is 6.66. The van der Waals surface area contributed by atoms with E-state index in [0.717, 1.165) is 18.6 Å². The predicted octanol–water partition coefficient (Wildman–Crippen LogP) is 4.85. The Bertz CT molecular complexity index is 579. The summed E-state index contributed by atoms with van der Waals surface area (Å²) in [5, 5.41) is 3.22. The molecule has 0 saturated heterocycles. The quantitative estimate of drug-likeness (QED) is 0.832. The molecule has 2 aromatic carbocycles. The number of halogens is 4. The largest absolute Gasteiger partial charge is 0.306 e. The van der Waals surface area contributed by atoms with Gasteiger partial charge >= 0.3 is 0 Å². The predicted molar refractivity (Wildman–Crippen MR) is 77.9 cm³/mol. The number of hydrogen-bond donors (Lipinski definition) is 1. The van der Waals surface area contributed by atoms with Crippen LogP contribution in [-0.2, 0) is 0 Å². The standard InChI is InChI=1S/C16H15ClF3N/c1-2-7-21-16(10-3-5-12(17)14(19)8-10)11-4-6-13(18)15(20)9-11/h3-6,8-9,16,21H,2,7H2,1H3. The zero-order valence-electron chi connectivity index (χ0n) is 11.5. The fourth-order valence-corrected chi connectivity index (χ4v) is 2.22. The Morgan fingerprint density at radius 1 is 0.952 bits per heavy atom. The van der Waals surface area contributed by atoms with E-state index in [0.29, 0.717) is 17.7 Å². The van der Waals surface area contributed by atoms with Crippen LogP contribution in [-0.4, -0.2) is 6.54 Å². The minimum absolute atomic E-state index is 0.0262. The smallest absolute Gasteiger partial charge is 0.159 e. The molecule has 0 fully saturated rings. The normalized spacial score (nSPS) is 12.4. The van der Waals surface area contributed by atoms with Crippen molar-refractivity contribution in [3.05, 3.63) is 70.0 Å². The van der Waals surface area contributed by atoms with Gasteiger partial charge in [-0.1, -0.05) is 30.7 Å². The van der Waals surface area contributed by atoms with Gasteiger partial charge in [0.1, 0.15) is 5.82 Å². The Balaban J connectivity index is 2.41. The second-order valence-electron chi connectivity index (χ2n) is 4.73. The molecule has 0 amide bonds. The molecule has 21 heavy (non-hydrogen) atoms. The maximum atomic E-state index is 13.6. The number of hydrogen-bond acceptors (Lipinski definition) is 1. The van der Waals surface area contributed by atoms with Crippen LogP contribution in [0.5, 0.6) is 0 Å². The molecule has 112 valence electrons. The highest BCUT2D eigenvalue weighted by Gasteiger charge is 2.16. The van der Waals surface area contributed by atoms with Crippen molar-refractivity contribution in [3.63, 3.8) is 0 Å². The molecule has 2 aromatic rings. The lowest BCUT2D eigenvalue weighted by Gasteiger charge is -2.20. The molecular formula is C16H15ClF3N. The molecule has 0 aromatic heterocycles. The maximum Gasteiger partial charge on any atom is 0.159 e. The molecular weight excluding hydrogens is 299 g/mol. The molecule has 0 heterocycles. The summed E-state index contributed by atoms with van der Waals surface area (Å²) in [4.78, 5) is 0. The summed E-state index contributed by atoms with van der Waals surface area (Å²) in [6, 6.07) is 7.67. The summed E-state index contributed by atoms with van der Waals surface area (Å²) < 4.78 is 40.1. The molecule has 1 nitrogen and oxygen atoms in total. The first kappa shape index (κ1) is 15.9. The van der Waals surface area contributed by atoms with E-state index < -0.39 is 23.5 Å². The zero-order valence-corrected chi connectivity index (χ0v) is 12.2. The second-order valence-corrected chi connectivity index (χ2v) is 5.14. The first-order chi connectivity index (χ1) is 10.0.